The molecule has 0 unspecified atom stereocenters. The van der Waals surface area contributed by atoms with Gasteiger partial charge in [-0.2, -0.15) is 0 Å². The maximum Gasteiger partial charge on any atom is 0.246 e. The normalized spacial score (nSPS) is 14.9. The van der Waals surface area contributed by atoms with Gasteiger partial charge in [0.1, 0.15) is 0 Å². The number of carbonyl (C=O) groups is 2. The van der Waals surface area contributed by atoms with E-state index in [4.69, 9.17) is 23.2 Å². The van der Waals surface area contributed by atoms with Crippen molar-refractivity contribution < 1.29 is 9.59 Å². The lowest BCUT2D eigenvalue weighted by molar-refractivity contribution is -0.138. The summed E-state index contributed by atoms with van der Waals surface area (Å²) in [5, 5.41) is 1.13. The predicted molar refractivity (Wildman–Crippen MR) is 118 cm³/mol. The van der Waals surface area contributed by atoms with Crippen LogP contribution in [0.5, 0.6) is 0 Å². The second-order valence-electron chi connectivity index (χ2n) is 7.27. The number of rotatable bonds is 5. The third-order valence-corrected chi connectivity index (χ3v) is 5.76. The van der Waals surface area contributed by atoms with Gasteiger partial charge in [-0.1, -0.05) is 59.6 Å². The highest BCUT2D eigenvalue weighted by Gasteiger charge is 2.28. The maximum absolute atomic E-state index is 12.8. The number of halogens is 2. The van der Waals surface area contributed by atoms with Crippen LogP contribution in [0.15, 0.2) is 54.6 Å². The van der Waals surface area contributed by atoms with Gasteiger partial charge in [0, 0.05) is 48.7 Å². The molecule has 4 nitrogen and oxygen atoms in total. The number of amides is 2. The molecule has 6 heteroatoms. The summed E-state index contributed by atoms with van der Waals surface area (Å²) in [6.45, 7) is 1.61. The van der Waals surface area contributed by atoms with Gasteiger partial charge < -0.3 is 9.80 Å². The molecule has 3 rings (SSSR count). The number of piperidine rings is 1. The molecule has 0 radical (unpaired) electrons. The van der Waals surface area contributed by atoms with Crippen LogP contribution in [0.3, 0.4) is 0 Å². The van der Waals surface area contributed by atoms with Crippen LogP contribution in [0.2, 0.25) is 10.0 Å². The monoisotopic (exact) mass is 430 g/mol. The number of hydrogen-bond acceptors (Lipinski definition) is 2. The molecule has 0 bridgehead atoms. The quantitative estimate of drug-likeness (QED) is 0.632. The summed E-state index contributed by atoms with van der Waals surface area (Å²) in [6, 6.07) is 15.0. The molecule has 1 fully saturated rings. The Kier molecular flexibility index (Phi) is 7.34. The number of benzene rings is 2. The van der Waals surface area contributed by atoms with E-state index in [1.165, 1.54) is 0 Å². The minimum atomic E-state index is -0.0757. The van der Waals surface area contributed by atoms with Crippen LogP contribution in [-0.4, -0.2) is 41.8 Å². The van der Waals surface area contributed by atoms with E-state index >= 15 is 0 Å². The highest BCUT2D eigenvalue weighted by atomic mass is 35.5. The predicted octanol–water partition coefficient (Wildman–Crippen LogP) is 4.90. The lowest BCUT2D eigenvalue weighted by Gasteiger charge is -2.32. The van der Waals surface area contributed by atoms with Crippen molar-refractivity contribution in [1.82, 2.24) is 9.80 Å². The van der Waals surface area contributed by atoms with Gasteiger partial charge in [0.15, 0.2) is 0 Å². The van der Waals surface area contributed by atoms with Crippen molar-refractivity contribution in [2.75, 3.05) is 20.1 Å². The fourth-order valence-corrected chi connectivity index (χ4v) is 3.95. The van der Waals surface area contributed by atoms with Crippen molar-refractivity contribution in [1.29, 1.82) is 0 Å². The molecule has 29 heavy (non-hydrogen) atoms. The molecular weight excluding hydrogens is 407 g/mol. The molecule has 2 amide bonds. The van der Waals surface area contributed by atoms with Gasteiger partial charge in [0.25, 0.3) is 0 Å². The molecule has 2 aromatic rings. The molecule has 152 valence electrons. The second kappa shape index (κ2) is 9.95. The third kappa shape index (κ3) is 5.84. The summed E-state index contributed by atoms with van der Waals surface area (Å²) in [4.78, 5) is 28.7. The first-order chi connectivity index (χ1) is 13.9. The van der Waals surface area contributed by atoms with Gasteiger partial charge >= 0.3 is 0 Å². The number of nitrogens with zero attached hydrogens (tertiary/aromatic N) is 2. The fraction of sp³-hybridized carbons (Fsp3) is 0.304. The van der Waals surface area contributed by atoms with Crippen molar-refractivity contribution in [2.24, 2.45) is 5.92 Å². The van der Waals surface area contributed by atoms with Gasteiger partial charge in [-0.15, -0.1) is 0 Å². The topological polar surface area (TPSA) is 40.6 Å². The number of carbonyl (C=O) groups excluding carboxylic acids is 2. The van der Waals surface area contributed by atoms with Crippen LogP contribution in [0.25, 0.3) is 6.08 Å². The van der Waals surface area contributed by atoms with E-state index in [9.17, 15) is 9.59 Å². The summed E-state index contributed by atoms with van der Waals surface area (Å²) in [6.07, 6.45) is 4.76. The first-order valence-electron chi connectivity index (χ1n) is 9.65. The van der Waals surface area contributed by atoms with Crippen LogP contribution in [0, 0.1) is 5.92 Å². The van der Waals surface area contributed by atoms with Gasteiger partial charge in [-0.25, -0.2) is 0 Å². The van der Waals surface area contributed by atoms with Gasteiger partial charge in [0.2, 0.25) is 11.8 Å². The van der Waals surface area contributed by atoms with Crippen LogP contribution in [-0.2, 0) is 16.1 Å². The Hall–Kier alpha value is -2.30. The summed E-state index contributed by atoms with van der Waals surface area (Å²) in [5.74, 6) is -0.00257. The molecule has 0 atom stereocenters. The molecule has 0 saturated carbocycles. The molecular formula is C23H24Cl2N2O2. The molecule has 0 aliphatic carbocycles. The summed E-state index contributed by atoms with van der Waals surface area (Å²) in [7, 11) is 1.79. The standard InChI is InChI=1S/C23H24Cl2N2O2/c1-26(16-19-8-9-20(24)15-21(19)25)23(29)18-11-13-27(14-12-18)22(28)10-7-17-5-3-2-4-6-17/h2-10,15,18H,11-14,16H2,1H3/b10-7+. The molecule has 1 aliphatic heterocycles. The zero-order chi connectivity index (χ0) is 20.8. The molecule has 1 saturated heterocycles. The second-order valence-corrected chi connectivity index (χ2v) is 8.12. The van der Waals surface area contributed by atoms with Crippen LogP contribution in [0.4, 0.5) is 0 Å². The molecule has 0 spiro atoms. The molecule has 1 heterocycles. The largest absolute Gasteiger partial charge is 0.341 e. The van der Waals surface area contributed by atoms with E-state index in [1.54, 1.807) is 35.1 Å². The lowest BCUT2D eigenvalue weighted by Crippen LogP contribution is -2.42. The van der Waals surface area contributed by atoms with Crippen molar-refractivity contribution in [2.45, 2.75) is 19.4 Å². The molecule has 2 aromatic carbocycles. The van der Waals surface area contributed by atoms with Gasteiger partial charge in [-0.3, -0.25) is 9.59 Å². The zero-order valence-electron chi connectivity index (χ0n) is 16.4. The maximum atomic E-state index is 12.8. The first-order valence-corrected chi connectivity index (χ1v) is 10.4. The third-order valence-electron chi connectivity index (χ3n) is 5.17. The highest BCUT2D eigenvalue weighted by molar-refractivity contribution is 6.35. The first kappa shape index (κ1) is 21.4. The Morgan fingerprint density at radius 3 is 2.45 bits per heavy atom. The lowest BCUT2D eigenvalue weighted by atomic mass is 9.95. The minimum Gasteiger partial charge on any atom is -0.341 e. The van der Waals surface area contributed by atoms with Crippen molar-refractivity contribution in [3.05, 3.63) is 75.8 Å². The van der Waals surface area contributed by atoms with Crippen molar-refractivity contribution >= 4 is 41.1 Å². The minimum absolute atomic E-state index is 0.0129. The van der Waals surface area contributed by atoms with E-state index in [1.807, 2.05) is 42.5 Å². The highest BCUT2D eigenvalue weighted by Crippen LogP contribution is 2.24. The Balaban J connectivity index is 1.51. The van der Waals surface area contributed by atoms with Gasteiger partial charge in [0.05, 0.1) is 0 Å². The Morgan fingerprint density at radius 2 is 1.79 bits per heavy atom. The van der Waals surface area contributed by atoms with Crippen molar-refractivity contribution in [3.63, 3.8) is 0 Å². The van der Waals surface area contributed by atoms with Crippen LogP contribution >= 0.6 is 23.2 Å². The molecule has 0 N–H and O–H groups in total. The molecule has 0 aromatic heterocycles. The average Bonchev–Trinajstić information content (AvgIpc) is 2.74. The molecule has 1 aliphatic rings. The fourth-order valence-electron chi connectivity index (χ4n) is 3.48. The summed E-state index contributed by atoms with van der Waals surface area (Å²) < 4.78 is 0. The Bertz CT molecular complexity index is 891. The number of hydrogen-bond donors (Lipinski definition) is 0. The Morgan fingerprint density at radius 1 is 1.10 bits per heavy atom. The van der Waals surface area contributed by atoms with Crippen LogP contribution < -0.4 is 0 Å². The van der Waals surface area contributed by atoms with E-state index in [2.05, 4.69) is 0 Å². The number of likely N-dealkylation sites (tertiary alicyclic amines) is 1. The summed E-state index contributed by atoms with van der Waals surface area (Å²) in [5.41, 5.74) is 1.86. The van der Waals surface area contributed by atoms with E-state index < -0.39 is 0 Å². The van der Waals surface area contributed by atoms with Gasteiger partial charge in [-0.05, 0) is 42.2 Å². The zero-order valence-corrected chi connectivity index (χ0v) is 17.9. The average molecular weight is 431 g/mol. The van der Waals surface area contributed by atoms with Crippen molar-refractivity contribution in [3.8, 4) is 0 Å². The van der Waals surface area contributed by atoms with E-state index in [0.717, 1.165) is 11.1 Å². The smallest absolute Gasteiger partial charge is 0.246 e. The SMILES string of the molecule is CN(Cc1ccc(Cl)cc1Cl)C(=O)C1CCN(C(=O)/C=C/c2ccccc2)CC1. The van der Waals surface area contributed by atoms with Crippen LogP contribution in [0.1, 0.15) is 24.0 Å². The van der Waals surface area contributed by atoms with E-state index in [0.29, 0.717) is 42.5 Å². The Labute approximate surface area is 181 Å². The summed E-state index contributed by atoms with van der Waals surface area (Å²) >= 11 is 12.2. The van der Waals surface area contributed by atoms with E-state index in [-0.39, 0.29) is 17.7 Å².